The van der Waals surface area contributed by atoms with Crippen molar-refractivity contribution in [3.63, 3.8) is 0 Å². The van der Waals surface area contributed by atoms with Crippen molar-refractivity contribution in [1.29, 1.82) is 0 Å². The number of piperidine rings is 1. The largest absolute Gasteiger partial charge is 0.353 e. The molecule has 2 heterocycles. The maximum absolute atomic E-state index is 12.5. The van der Waals surface area contributed by atoms with Gasteiger partial charge in [0.1, 0.15) is 0 Å². The average molecular weight is 399 g/mol. The maximum Gasteiger partial charge on any atom is 0.230 e. The standard InChI is InChI=1S/C22H30N4OS/c1-15-11-18(16-9-7-6-8-10-16)25-20(23-15)28-14-19(27)24-17-12-21(2,3)26-22(4,5)13-17/h6-11,17,26H,12-14H2,1-5H3,(H,24,27). The Kier molecular flexibility index (Phi) is 6.10. The summed E-state index contributed by atoms with van der Waals surface area (Å²) >= 11 is 1.39. The molecule has 5 nitrogen and oxygen atoms in total. The Morgan fingerprint density at radius 3 is 2.43 bits per heavy atom. The van der Waals surface area contributed by atoms with Gasteiger partial charge in [-0.1, -0.05) is 42.1 Å². The minimum atomic E-state index is 0.0110. The number of aromatic nitrogens is 2. The number of hydrogen-bond acceptors (Lipinski definition) is 5. The molecule has 1 aromatic heterocycles. The quantitative estimate of drug-likeness (QED) is 0.589. The molecule has 1 amide bonds. The molecule has 6 heteroatoms. The summed E-state index contributed by atoms with van der Waals surface area (Å²) in [7, 11) is 0. The molecule has 0 atom stereocenters. The van der Waals surface area contributed by atoms with Crippen molar-refractivity contribution in [3.8, 4) is 11.3 Å². The molecule has 0 spiro atoms. The van der Waals surface area contributed by atoms with E-state index in [4.69, 9.17) is 0 Å². The molecule has 2 N–H and O–H groups in total. The molecule has 1 aromatic carbocycles. The molecule has 0 bridgehead atoms. The van der Waals surface area contributed by atoms with E-state index in [1.807, 2.05) is 43.3 Å². The second-order valence-corrected chi connectivity index (χ2v) is 9.84. The van der Waals surface area contributed by atoms with Gasteiger partial charge in [0, 0.05) is 28.4 Å². The first-order valence-corrected chi connectivity index (χ1v) is 10.7. The molecule has 1 fully saturated rings. The average Bonchev–Trinajstić information content (AvgIpc) is 2.57. The molecular weight excluding hydrogens is 368 g/mol. The van der Waals surface area contributed by atoms with E-state index in [1.165, 1.54) is 11.8 Å². The SMILES string of the molecule is Cc1cc(-c2ccccc2)nc(SCC(=O)NC2CC(C)(C)NC(C)(C)C2)n1. The molecule has 150 valence electrons. The molecule has 1 aliphatic heterocycles. The van der Waals surface area contributed by atoms with Crippen LogP contribution in [0.4, 0.5) is 0 Å². The fourth-order valence-electron chi connectivity index (χ4n) is 4.19. The molecule has 28 heavy (non-hydrogen) atoms. The number of carbonyl (C=O) groups is 1. The molecule has 0 saturated carbocycles. The van der Waals surface area contributed by atoms with Crippen LogP contribution in [0.3, 0.4) is 0 Å². The topological polar surface area (TPSA) is 66.9 Å². The van der Waals surface area contributed by atoms with Crippen molar-refractivity contribution in [1.82, 2.24) is 20.6 Å². The number of carbonyl (C=O) groups excluding carboxylic acids is 1. The highest BCUT2D eigenvalue weighted by Crippen LogP contribution is 2.28. The Hall–Kier alpha value is -1.92. The number of hydrogen-bond donors (Lipinski definition) is 2. The Balaban J connectivity index is 1.61. The Bertz CT molecular complexity index is 820. The fourth-order valence-corrected chi connectivity index (χ4v) is 4.90. The zero-order valence-corrected chi connectivity index (χ0v) is 18.2. The van der Waals surface area contributed by atoms with Gasteiger partial charge in [0.15, 0.2) is 5.16 Å². The molecule has 0 radical (unpaired) electrons. The number of benzene rings is 1. The predicted octanol–water partition coefficient (Wildman–Crippen LogP) is 3.97. The van der Waals surface area contributed by atoms with E-state index in [9.17, 15) is 4.79 Å². The first-order valence-electron chi connectivity index (χ1n) is 9.75. The highest BCUT2D eigenvalue weighted by Gasteiger charge is 2.38. The first-order chi connectivity index (χ1) is 13.1. The van der Waals surface area contributed by atoms with Crippen LogP contribution in [-0.4, -0.2) is 38.7 Å². The maximum atomic E-state index is 12.5. The van der Waals surface area contributed by atoms with Crippen LogP contribution in [-0.2, 0) is 4.79 Å². The number of aryl methyl sites for hydroxylation is 1. The van der Waals surface area contributed by atoms with Crippen molar-refractivity contribution >= 4 is 17.7 Å². The van der Waals surface area contributed by atoms with Crippen molar-refractivity contribution in [2.75, 3.05) is 5.75 Å². The van der Waals surface area contributed by atoms with E-state index in [-0.39, 0.29) is 23.0 Å². The van der Waals surface area contributed by atoms with E-state index in [1.54, 1.807) is 0 Å². The van der Waals surface area contributed by atoms with Gasteiger partial charge < -0.3 is 10.6 Å². The number of nitrogens with zero attached hydrogens (tertiary/aromatic N) is 2. The lowest BCUT2D eigenvalue weighted by molar-refractivity contribution is -0.119. The third-order valence-corrected chi connectivity index (χ3v) is 5.64. The predicted molar refractivity (Wildman–Crippen MR) is 115 cm³/mol. The molecule has 1 aliphatic rings. The second kappa shape index (κ2) is 8.21. The monoisotopic (exact) mass is 398 g/mol. The van der Waals surface area contributed by atoms with E-state index < -0.39 is 0 Å². The molecule has 2 aromatic rings. The Morgan fingerprint density at radius 2 is 1.79 bits per heavy atom. The van der Waals surface area contributed by atoms with Crippen LogP contribution in [0.5, 0.6) is 0 Å². The lowest BCUT2D eigenvalue weighted by Gasteiger charge is -2.46. The van der Waals surface area contributed by atoms with Crippen LogP contribution in [0, 0.1) is 6.92 Å². The van der Waals surface area contributed by atoms with Crippen LogP contribution in [0.1, 0.15) is 46.2 Å². The number of nitrogens with one attached hydrogen (secondary N) is 2. The zero-order chi connectivity index (χ0) is 20.4. The van der Waals surface area contributed by atoms with E-state index in [0.717, 1.165) is 29.8 Å². The van der Waals surface area contributed by atoms with Gasteiger partial charge in [-0.25, -0.2) is 9.97 Å². The molecule has 0 unspecified atom stereocenters. The first kappa shape index (κ1) is 20.8. The van der Waals surface area contributed by atoms with Gasteiger partial charge in [-0.2, -0.15) is 0 Å². The van der Waals surface area contributed by atoms with Crippen LogP contribution in [0.2, 0.25) is 0 Å². The number of rotatable bonds is 5. The summed E-state index contributed by atoms with van der Waals surface area (Å²) in [5, 5.41) is 7.49. The van der Waals surface area contributed by atoms with Gasteiger partial charge in [0.05, 0.1) is 11.4 Å². The normalized spacial score (nSPS) is 18.6. The van der Waals surface area contributed by atoms with E-state index in [0.29, 0.717) is 10.9 Å². The lowest BCUT2D eigenvalue weighted by atomic mass is 9.79. The minimum absolute atomic E-state index is 0.0110. The second-order valence-electron chi connectivity index (χ2n) is 8.90. The third-order valence-electron chi connectivity index (χ3n) is 4.79. The van der Waals surface area contributed by atoms with Crippen LogP contribution < -0.4 is 10.6 Å². The summed E-state index contributed by atoms with van der Waals surface area (Å²) in [6.45, 7) is 10.7. The van der Waals surface area contributed by atoms with Gasteiger partial charge in [0.25, 0.3) is 0 Å². The van der Waals surface area contributed by atoms with E-state index in [2.05, 4.69) is 48.3 Å². The minimum Gasteiger partial charge on any atom is -0.353 e. The summed E-state index contributed by atoms with van der Waals surface area (Å²) < 4.78 is 0. The Morgan fingerprint density at radius 1 is 1.14 bits per heavy atom. The molecule has 3 rings (SSSR count). The Labute approximate surface area is 172 Å². The summed E-state index contributed by atoms with van der Waals surface area (Å²) in [6.07, 6.45) is 1.85. The smallest absolute Gasteiger partial charge is 0.230 e. The number of amides is 1. The summed E-state index contributed by atoms with van der Waals surface area (Å²) in [6, 6.07) is 12.2. The number of thioether (sulfide) groups is 1. The van der Waals surface area contributed by atoms with Gasteiger partial charge in [-0.15, -0.1) is 0 Å². The van der Waals surface area contributed by atoms with Crippen molar-refractivity contribution in [2.24, 2.45) is 0 Å². The van der Waals surface area contributed by atoms with Gasteiger partial charge in [0.2, 0.25) is 5.91 Å². The highest BCUT2D eigenvalue weighted by molar-refractivity contribution is 7.99. The highest BCUT2D eigenvalue weighted by atomic mass is 32.2. The van der Waals surface area contributed by atoms with Crippen molar-refractivity contribution < 1.29 is 4.79 Å². The fraction of sp³-hybridized carbons (Fsp3) is 0.500. The van der Waals surface area contributed by atoms with Crippen molar-refractivity contribution in [2.45, 2.75) is 69.7 Å². The summed E-state index contributed by atoms with van der Waals surface area (Å²) in [5.74, 6) is 0.359. The summed E-state index contributed by atoms with van der Waals surface area (Å²) in [5.41, 5.74) is 2.86. The molecule has 1 saturated heterocycles. The molecular formula is C22H30N4OS. The van der Waals surface area contributed by atoms with Gasteiger partial charge in [-0.05, 0) is 53.5 Å². The van der Waals surface area contributed by atoms with Crippen molar-refractivity contribution in [3.05, 3.63) is 42.1 Å². The van der Waals surface area contributed by atoms with E-state index >= 15 is 0 Å². The van der Waals surface area contributed by atoms with Gasteiger partial charge in [-0.3, -0.25) is 4.79 Å². The third kappa shape index (κ3) is 5.79. The zero-order valence-electron chi connectivity index (χ0n) is 17.4. The van der Waals surface area contributed by atoms with Gasteiger partial charge >= 0.3 is 0 Å². The molecule has 0 aliphatic carbocycles. The lowest BCUT2D eigenvalue weighted by Crippen LogP contribution is -2.62. The van der Waals surface area contributed by atoms with Crippen LogP contribution >= 0.6 is 11.8 Å². The summed E-state index contributed by atoms with van der Waals surface area (Å²) in [4.78, 5) is 21.7. The van der Waals surface area contributed by atoms with Crippen LogP contribution in [0.25, 0.3) is 11.3 Å². The van der Waals surface area contributed by atoms with Crippen LogP contribution in [0.15, 0.2) is 41.6 Å².